The van der Waals surface area contributed by atoms with E-state index in [0.29, 0.717) is 13.2 Å². The van der Waals surface area contributed by atoms with Gasteiger partial charge in [0.15, 0.2) is 6.29 Å². The second-order valence-electron chi connectivity index (χ2n) is 2.88. The summed E-state index contributed by atoms with van der Waals surface area (Å²) in [4.78, 5) is 0. The quantitative estimate of drug-likeness (QED) is 0.607. The molecule has 1 saturated heterocycles. The summed E-state index contributed by atoms with van der Waals surface area (Å²) in [6.45, 7) is 9.41. The van der Waals surface area contributed by atoms with Crippen molar-refractivity contribution in [2.75, 3.05) is 19.8 Å². The van der Waals surface area contributed by atoms with Crippen molar-refractivity contribution >= 4 is 8.80 Å². The van der Waals surface area contributed by atoms with Crippen molar-refractivity contribution in [2.45, 2.75) is 26.6 Å². The van der Waals surface area contributed by atoms with E-state index < -0.39 is 8.80 Å². The Morgan fingerprint density at radius 1 is 1.43 bits per heavy atom. The Morgan fingerprint density at radius 2 is 2.00 bits per heavy atom. The third-order valence-corrected chi connectivity index (χ3v) is 4.37. The Labute approximate surface area is 86.2 Å². The highest BCUT2D eigenvalue weighted by molar-refractivity contribution is 6.66. The van der Waals surface area contributed by atoms with Crippen LogP contribution in [0.2, 0.25) is 0 Å². The van der Waals surface area contributed by atoms with Crippen molar-refractivity contribution in [3.05, 3.63) is 12.3 Å². The molecule has 0 spiro atoms. The number of hydrogen-bond donors (Lipinski definition) is 0. The summed E-state index contributed by atoms with van der Waals surface area (Å²) >= 11 is 0. The SMILES string of the molecule is C=C[Si](OCC)(OCC)OC1CCO1. The predicted octanol–water partition coefficient (Wildman–Crippen LogP) is 1.49. The van der Waals surface area contributed by atoms with Crippen LogP contribution in [0.4, 0.5) is 0 Å². The molecule has 14 heavy (non-hydrogen) atoms. The molecule has 0 aromatic heterocycles. The normalized spacial score (nSPS) is 21.7. The topological polar surface area (TPSA) is 36.9 Å². The maximum atomic E-state index is 5.66. The predicted molar refractivity (Wildman–Crippen MR) is 54.6 cm³/mol. The average Bonchev–Trinajstić information content (AvgIpc) is 2.12. The van der Waals surface area contributed by atoms with E-state index in [9.17, 15) is 0 Å². The van der Waals surface area contributed by atoms with Gasteiger partial charge in [0, 0.05) is 19.6 Å². The Kier molecular flexibility index (Phi) is 4.77. The van der Waals surface area contributed by atoms with E-state index in [2.05, 4.69) is 6.58 Å². The Bertz CT molecular complexity index is 176. The highest BCUT2D eigenvalue weighted by atomic mass is 28.4. The first-order valence-electron chi connectivity index (χ1n) is 4.97. The molecule has 1 rings (SSSR count). The molecule has 1 atom stereocenters. The minimum Gasteiger partial charge on any atom is -0.371 e. The van der Waals surface area contributed by atoms with Crippen LogP contribution in [0, 0.1) is 0 Å². The zero-order valence-corrected chi connectivity index (χ0v) is 9.82. The first-order valence-corrected chi connectivity index (χ1v) is 6.77. The van der Waals surface area contributed by atoms with Crippen LogP contribution in [0.15, 0.2) is 12.3 Å². The minimum atomic E-state index is -2.66. The maximum absolute atomic E-state index is 5.66. The van der Waals surface area contributed by atoms with E-state index in [1.165, 1.54) is 0 Å². The summed E-state index contributed by atoms with van der Waals surface area (Å²) in [6, 6.07) is 0. The summed E-state index contributed by atoms with van der Waals surface area (Å²) in [7, 11) is -2.66. The Morgan fingerprint density at radius 3 is 2.29 bits per heavy atom. The van der Waals surface area contributed by atoms with Crippen molar-refractivity contribution in [3.63, 3.8) is 0 Å². The van der Waals surface area contributed by atoms with Crippen LogP contribution >= 0.6 is 0 Å². The maximum Gasteiger partial charge on any atom is 0.530 e. The molecule has 0 amide bonds. The average molecular weight is 218 g/mol. The molecule has 82 valence electrons. The van der Waals surface area contributed by atoms with Gasteiger partial charge in [-0.05, 0) is 19.5 Å². The lowest BCUT2D eigenvalue weighted by Gasteiger charge is -2.34. The van der Waals surface area contributed by atoms with E-state index in [-0.39, 0.29) is 6.29 Å². The summed E-state index contributed by atoms with van der Waals surface area (Å²) in [5, 5.41) is 0. The molecule has 1 aliphatic rings. The number of ether oxygens (including phenoxy) is 1. The van der Waals surface area contributed by atoms with E-state index in [1.807, 2.05) is 13.8 Å². The molecule has 1 heterocycles. The van der Waals surface area contributed by atoms with Gasteiger partial charge in [-0.2, -0.15) is 0 Å². The van der Waals surface area contributed by atoms with Crippen molar-refractivity contribution in [1.82, 2.24) is 0 Å². The van der Waals surface area contributed by atoms with Gasteiger partial charge >= 0.3 is 8.80 Å². The molecular weight excluding hydrogens is 200 g/mol. The van der Waals surface area contributed by atoms with Gasteiger partial charge in [0.05, 0.1) is 6.61 Å². The van der Waals surface area contributed by atoms with Crippen LogP contribution in [0.5, 0.6) is 0 Å². The van der Waals surface area contributed by atoms with Crippen LogP contribution in [0.1, 0.15) is 20.3 Å². The van der Waals surface area contributed by atoms with E-state index in [4.69, 9.17) is 18.0 Å². The lowest BCUT2D eigenvalue weighted by atomic mass is 10.4. The van der Waals surface area contributed by atoms with Crippen molar-refractivity contribution < 1.29 is 18.0 Å². The Hall–Kier alpha value is -0.203. The van der Waals surface area contributed by atoms with E-state index in [1.54, 1.807) is 5.70 Å². The van der Waals surface area contributed by atoms with Gasteiger partial charge in [0.2, 0.25) is 0 Å². The van der Waals surface area contributed by atoms with Gasteiger partial charge in [-0.25, -0.2) is 0 Å². The summed E-state index contributed by atoms with van der Waals surface area (Å²) in [5.41, 5.74) is 1.65. The van der Waals surface area contributed by atoms with Crippen molar-refractivity contribution in [2.24, 2.45) is 0 Å². The lowest BCUT2D eigenvalue weighted by Crippen LogP contribution is -2.50. The molecule has 4 nitrogen and oxygen atoms in total. The zero-order valence-electron chi connectivity index (χ0n) is 8.82. The monoisotopic (exact) mass is 218 g/mol. The minimum absolute atomic E-state index is 0.169. The summed E-state index contributed by atoms with van der Waals surface area (Å²) < 4.78 is 21.9. The van der Waals surface area contributed by atoms with Gasteiger partial charge in [-0.3, -0.25) is 0 Å². The molecule has 5 heteroatoms. The van der Waals surface area contributed by atoms with Gasteiger partial charge < -0.3 is 18.0 Å². The van der Waals surface area contributed by atoms with Crippen LogP contribution in [-0.4, -0.2) is 34.9 Å². The fourth-order valence-corrected chi connectivity index (χ4v) is 3.08. The number of hydrogen-bond acceptors (Lipinski definition) is 4. The van der Waals surface area contributed by atoms with Crippen molar-refractivity contribution in [1.29, 1.82) is 0 Å². The second-order valence-corrected chi connectivity index (χ2v) is 5.31. The van der Waals surface area contributed by atoms with Crippen LogP contribution in [0.3, 0.4) is 0 Å². The van der Waals surface area contributed by atoms with Gasteiger partial charge in [0.25, 0.3) is 0 Å². The smallest absolute Gasteiger partial charge is 0.371 e. The third kappa shape index (κ3) is 2.89. The van der Waals surface area contributed by atoms with Gasteiger partial charge in [-0.1, -0.05) is 6.58 Å². The molecule has 0 bridgehead atoms. The third-order valence-electron chi connectivity index (χ3n) is 1.89. The zero-order chi connectivity index (χ0) is 10.4. The summed E-state index contributed by atoms with van der Waals surface area (Å²) in [5.74, 6) is 0. The molecule has 0 saturated carbocycles. The van der Waals surface area contributed by atoms with Crippen molar-refractivity contribution in [3.8, 4) is 0 Å². The molecule has 0 aromatic rings. The highest BCUT2D eigenvalue weighted by Crippen LogP contribution is 2.21. The largest absolute Gasteiger partial charge is 0.530 e. The molecule has 0 aliphatic carbocycles. The van der Waals surface area contributed by atoms with Crippen LogP contribution in [-0.2, 0) is 18.0 Å². The lowest BCUT2D eigenvalue weighted by molar-refractivity contribution is -0.189. The fourth-order valence-electron chi connectivity index (χ4n) is 1.17. The second kappa shape index (κ2) is 5.62. The highest BCUT2D eigenvalue weighted by Gasteiger charge is 2.41. The Balaban J connectivity index is 2.50. The molecule has 1 aliphatic heterocycles. The number of rotatable bonds is 7. The fraction of sp³-hybridized carbons (Fsp3) is 0.778. The molecule has 1 fully saturated rings. The first-order chi connectivity index (χ1) is 6.76. The molecule has 0 aromatic carbocycles. The summed E-state index contributed by atoms with van der Waals surface area (Å²) in [6.07, 6.45) is 0.737. The van der Waals surface area contributed by atoms with E-state index in [0.717, 1.165) is 13.0 Å². The molecular formula is C9H18O4Si. The first kappa shape index (κ1) is 11.9. The van der Waals surface area contributed by atoms with Gasteiger partial charge in [-0.15, -0.1) is 0 Å². The van der Waals surface area contributed by atoms with E-state index >= 15 is 0 Å². The van der Waals surface area contributed by atoms with Gasteiger partial charge in [0.1, 0.15) is 0 Å². The molecule has 0 N–H and O–H groups in total. The molecule has 1 unspecified atom stereocenters. The molecule has 0 radical (unpaired) electrons. The standard InChI is InChI=1S/C9H18O4Si/c1-4-11-14(6-3,12-5-2)13-9-7-8-10-9/h6,9H,3-5,7-8H2,1-2H3. The van der Waals surface area contributed by atoms with Crippen LogP contribution in [0.25, 0.3) is 0 Å². The van der Waals surface area contributed by atoms with Crippen LogP contribution < -0.4 is 0 Å².